The first kappa shape index (κ1) is 15.8. The molecule has 0 spiro atoms. The Morgan fingerprint density at radius 2 is 1.70 bits per heavy atom. The van der Waals surface area contributed by atoms with Crippen LogP contribution in [0.2, 0.25) is 0 Å². The van der Waals surface area contributed by atoms with Crippen LogP contribution < -0.4 is 10.2 Å². The van der Waals surface area contributed by atoms with Crippen molar-refractivity contribution in [3.05, 3.63) is 29.8 Å². The second kappa shape index (κ2) is 7.02. The van der Waals surface area contributed by atoms with Crippen LogP contribution in [0.3, 0.4) is 0 Å². The first-order chi connectivity index (χ1) is 11.1. The number of aromatic carboxylic acids is 1. The molecule has 0 aromatic heterocycles. The Labute approximate surface area is 136 Å². The van der Waals surface area contributed by atoms with Crippen LogP contribution >= 0.6 is 0 Å². The van der Waals surface area contributed by atoms with Crippen molar-refractivity contribution in [1.29, 1.82) is 0 Å². The van der Waals surface area contributed by atoms with Crippen LogP contribution in [0.5, 0.6) is 0 Å². The second-order valence-electron chi connectivity index (χ2n) is 6.57. The number of amides is 1. The number of carbonyl (C=O) groups is 2. The third-order valence-corrected chi connectivity index (χ3v) is 5.04. The summed E-state index contributed by atoms with van der Waals surface area (Å²) in [5, 5.41) is 12.5. The Bertz CT molecular complexity index is 573. The zero-order valence-corrected chi connectivity index (χ0v) is 13.3. The number of anilines is 1. The van der Waals surface area contributed by atoms with Crippen molar-refractivity contribution in [1.82, 2.24) is 5.32 Å². The van der Waals surface area contributed by atoms with Crippen LogP contribution in [0.25, 0.3) is 0 Å². The van der Waals surface area contributed by atoms with Gasteiger partial charge in [-0.15, -0.1) is 0 Å². The maximum absolute atomic E-state index is 12.2. The fourth-order valence-corrected chi connectivity index (χ4v) is 3.70. The molecule has 3 rings (SSSR count). The van der Waals surface area contributed by atoms with Crippen LogP contribution in [-0.2, 0) is 4.79 Å². The molecule has 0 atom stereocenters. The van der Waals surface area contributed by atoms with E-state index < -0.39 is 5.97 Å². The average molecular weight is 316 g/mol. The van der Waals surface area contributed by atoms with E-state index >= 15 is 0 Å². The molecule has 0 radical (unpaired) electrons. The molecule has 5 nitrogen and oxygen atoms in total. The topological polar surface area (TPSA) is 69.6 Å². The number of rotatable bonds is 4. The monoisotopic (exact) mass is 316 g/mol. The number of hydrogen-bond acceptors (Lipinski definition) is 3. The summed E-state index contributed by atoms with van der Waals surface area (Å²) in [5.41, 5.74) is 1.13. The van der Waals surface area contributed by atoms with Gasteiger partial charge in [-0.05, 0) is 37.8 Å². The molecule has 1 aromatic rings. The molecule has 2 aliphatic rings. The van der Waals surface area contributed by atoms with Crippen molar-refractivity contribution in [3.8, 4) is 0 Å². The number of carboxylic acid groups (broad SMARTS) is 1. The van der Waals surface area contributed by atoms with Crippen LogP contribution in [0.4, 0.5) is 5.69 Å². The van der Waals surface area contributed by atoms with Crippen molar-refractivity contribution in [2.45, 2.75) is 44.6 Å². The number of nitrogens with one attached hydrogen (secondary N) is 1. The van der Waals surface area contributed by atoms with Crippen LogP contribution in [0, 0.1) is 5.92 Å². The van der Waals surface area contributed by atoms with Gasteiger partial charge in [0.05, 0.1) is 11.3 Å². The lowest BCUT2D eigenvalue weighted by atomic mass is 10.0. The average Bonchev–Trinajstić information content (AvgIpc) is 3.10. The number of carboxylic acids is 1. The number of benzene rings is 1. The van der Waals surface area contributed by atoms with Crippen LogP contribution in [0.1, 0.15) is 48.9 Å². The van der Waals surface area contributed by atoms with E-state index in [0.29, 0.717) is 5.56 Å². The summed E-state index contributed by atoms with van der Waals surface area (Å²) >= 11 is 0. The SMILES string of the molecule is O=C(O)c1ccccc1N1CCC(NC(=O)C2CCCC2)CC1. The first-order valence-corrected chi connectivity index (χ1v) is 8.53. The molecule has 124 valence electrons. The van der Waals surface area contributed by atoms with Gasteiger partial charge >= 0.3 is 5.97 Å². The molecule has 1 amide bonds. The number of hydrogen-bond donors (Lipinski definition) is 2. The van der Waals surface area contributed by atoms with E-state index in [9.17, 15) is 14.7 Å². The van der Waals surface area contributed by atoms with Gasteiger partial charge in [0.1, 0.15) is 0 Å². The summed E-state index contributed by atoms with van der Waals surface area (Å²) in [6, 6.07) is 7.35. The molecule has 2 fully saturated rings. The molecule has 23 heavy (non-hydrogen) atoms. The number of piperidine rings is 1. The van der Waals surface area contributed by atoms with Gasteiger partial charge in [-0.2, -0.15) is 0 Å². The predicted molar refractivity (Wildman–Crippen MR) is 88.7 cm³/mol. The van der Waals surface area contributed by atoms with Gasteiger partial charge in [0.2, 0.25) is 5.91 Å². The highest BCUT2D eigenvalue weighted by Gasteiger charge is 2.27. The van der Waals surface area contributed by atoms with Gasteiger partial charge in [0.15, 0.2) is 0 Å². The van der Waals surface area contributed by atoms with Gasteiger partial charge in [0.25, 0.3) is 0 Å². The van der Waals surface area contributed by atoms with Gasteiger partial charge < -0.3 is 15.3 Å². The first-order valence-electron chi connectivity index (χ1n) is 8.53. The lowest BCUT2D eigenvalue weighted by molar-refractivity contribution is -0.125. The van der Waals surface area contributed by atoms with Gasteiger partial charge in [-0.3, -0.25) is 4.79 Å². The lowest BCUT2D eigenvalue weighted by Crippen LogP contribution is -2.46. The Morgan fingerprint density at radius 1 is 1.04 bits per heavy atom. The number of nitrogens with zero attached hydrogens (tertiary/aromatic N) is 1. The van der Waals surface area contributed by atoms with Crippen molar-refractivity contribution >= 4 is 17.6 Å². The maximum atomic E-state index is 12.2. The normalized spacial score (nSPS) is 19.7. The summed E-state index contributed by atoms with van der Waals surface area (Å²) in [6.45, 7) is 1.56. The summed E-state index contributed by atoms with van der Waals surface area (Å²) < 4.78 is 0. The standard InChI is InChI=1S/C18H24N2O3/c21-17(13-5-1-2-6-13)19-14-9-11-20(12-10-14)16-8-4-3-7-15(16)18(22)23/h3-4,7-8,13-14H,1-2,5-6,9-12H2,(H,19,21)(H,22,23). The van der Waals surface area contributed by atoms with Crippen LogP contribution in [-0.4, -0.2) is 36.1 Å². The van der Waals surface area contributed by atoms with E-state index in [-0.39, 0.29) is 17.9 Å². The Balaban J connectivity index is 1.56. The molecule has 1 saturated heterocycles. The highest BCUT2D eigenvalue weighted by atomic mass is 16.4. The molecule has 0 bridgehead atoms. The zero-order chi connectivity index (χ0) is 16.2. The summed E-state index contributed by atoms with van der Waals surface area (Å²) in [4.78, 5) is 25.7. The largest absolute Gasteiger partial charge is 0.478 e. The van der Waals surface area contributed by atoms with Crippen molar-refractivity contribution in [3.63, 3.8) is 0 Å². The molecule has 1 aliphatic carbocycles. The molecule has 1 saturated carbocycles. The minimum absolute atomic E-state index is 0.209. The van der Waals surface area contributed by atoms with E-state index in [1.54, 1.807) is 12.1 Å². The highest BCUT2D eigenvalue weighted by molar-refractivity contribution is 5.94. The maximum Gasteiger partial charge on any atom is 0.337 e. The fraction of sp³-hybridized carbons (Fsp3) is 0.556. The summed E-state index contributed by atoms with van der Waals surface area (Å²) in [7, 11) is 0. The fourth-order valence-electron chi connectivity index (χ4n) is 3.70. The van der Waals surface area contributed by atoms with Crippen molar-refractivity contribution < 1.29 is 14.7 Å². The van der Waals surface area contributed by atoms with Crippen molar-refractivity contribution in [2.75, 3.05) is 18.0 Å². The smallest absolute Gasteiger partial charge is 0.337 e. The third-order valence-electron chi connectivity index (χ3n) is 5.04. The summed E-state index contributed by atoms with van der Waals surface area (Å²) in [5.74, 6) is -0.468. The number of para-hydroxylation sites is 1. The van der Waals surface area contributed by atoms with E-state index in [1.807, 2.05) is 12.1 Å². The third kappa shape index (κ3) is 3.66. The molecule has 1 aromatic carbocycles. The molecular formula is C18H24N2O3. The molecule has 1 aliphatic heterocycles. The van der Waals surface area contributed by atoms with E-state index in [2.05, 4.69) is 10.2 Å². The minimum Gasteiger partial charge on any atom is -0.478 e. The quantitative estimate of drug-likeness (QED) is 0.896. The van der Waals surface area contributed by atoms with Gasteiger partial charge in [-0.25, -0.2) is 4.79 Å². The van der Waals surface area contributed by atoms with Crippen molar-refractivity contribution in [2.24, 2.45) is 5.92 Å². The van der Waals surface area contributed by atoms with E-state index in [1.165, 1.54) is 12.8 Å². The second-order valence-corrected chi connectivity index (χ2v) is 6.57. The molecule has 1 heterocycles. The Morgan fingerprint density at radius 3 is 2.35 bits per heavy atom. The number of carbonyl (C=O) groups excluding carboxylic acids is 1. The molecule has 5 heteroatoms. The van der Waals surface area contributed by atoms with Gasteiger partial charge in [-0.1, -0.05) is 25.0 Å². The predicted octanol–water partition coefficient (Wildman–Crippen LogP) is 2.66. The molecule has 2 N–H and O–H groups in total. The zero-order valence-electron chi connectivity index (χ0n) is 13.3. The molecular weight excluding hydrogens is 292 g/mol. The highest BCUT2D eigenvalue weighted by Crippen LogP contribution is 2.27. The Kier molecular flexibility index (Phi) is 4.84. The minimum atomic E-state index is -0.891. The lowest BCUT2D eigenvalue weighted by Gasteiger charge is -2.35. The van der Waals surface area contributed by atoms with E-state index in [4.69, 9.17) is 0 Å². The Hall–Kier alpha value is -2.04. The molecule has 0 unspecified atom stereocenters. The van der Waals surface area contributed by atoms with Crippen LogP contribution in [0.15, 0.2) is 24.3 Å². The van der Waals surface area contributed by atoms with E-state index in [0.717, 1.165) is 44.5 Å². The summed E-state index contributed by atoms with van der Waals surface area (Å²) in [6.07, 6.45) is 6.12. The van der Waals surface area contributed by atoms with Gasteiger partial charge in [0, 0.05) is 25.0 Å².